The maximum atomic E-state index is 10.1. The maximum absolute atomic E-state index is 10.1. The Hall–Kier alpha value is -0.840. The van der Waals surface area contributed by atoms with Crippen LogP contribution in [0.4, 0.5) is 0 Å². The summed E-state index contributed by atoms with van der Waals surface area (Å²) in [6, 6.07) is 3.86. The number of nitrogens with zero attached hydrogens (tertiary/aromatic N) is 1. The van der Waals surface area contributed by atoms with Gasteiger partial charge < -0.3 is 14.3 Å². The molecule has 0 unspecified atom stereocenters. The molecule has 1 aromatic rings. The standard InChI is InChI=1S/C16H29NO3/c1-13(2)8-17(10-16-6-5-7-20-16)9-15(18)12-19-11-14(3)4/h5-7,13-15,18H,8-12H2,1-4H3/t15-/m1/s1. The second kappa shape index (κ2) is 9.16. The van der Waals surface area contributed by atoms with Gasteiger partial charge in [0.25, 0.3) is 0 Å². The number of aliphatic hydroxyl groups is 1. The van der Waals surface area contributed by atoms with Crippen LogP contribution in [0, 0.1) is 11.8 Å². The van der Waals surface area contributed by atoms with E-state index < -0.39 is 6.10 Å². The van der Waals surface area contributed by atoms with Crippen molar-refractivity contribution in [1.29, 1.82) is 0 Å². The highest BCUT2D eigenvalue weighted by Crippen LogP contribution is 2.09. The Morgan fingerprint density at radius 2 is 1.90 bits per heavy atom. The van der Waals surface area contributed by atoms with Gasteiger partial charge in [-0.3, -0.25) is 4.90 Å². The Bertz CT molecular complexity index is 336. The summed E-state index contributed by atoms with van der Waals surface area (Å²) in [6.45, 7) is 11.9. The van der Waals surface area contributed by atoms with Crippen LogP contribution in [0.2, 0.25) is 0 Å². The van der Waals surface area contributed by atoms with Gasteiger partial charge in [0.2, 0.25) is 0 Å². The molecule has 0 bridgehead atoms. The fourth-order valence-corrected chi connectivity index (χ4v) is 2.13. The number of rotatable bonds is 10. The molecular weight excluding hydrogens is 254 g/mol. The van der Waals surface area contributed by atoms with Crippen molar-refractivity contribution >= 4 is 0 Å². The molecule has 0 spiro atoms. The van der Waals surface area contributed by atoms with Crippen molar-refractivity contribution in [2.24, 2.45) is 11.8 Å². The van der Waals surface area contributed by atoms with Crippen molar-refractivity contribution in [3.63, 3.8) is 0 Å². The smallest absolute Gasteiger partial charge is 0.117 e. The van der Waals surface area contributed by atoms with Gasteiger partial charge in [-0.25, -0.2) is 0 Å². The lowest BCUT2D eigenvalue weighted by Crippen LogP contribution is -2.36. The van der Waals surface area contributed by atoms with Crippen LogP contribution in [0.25, 0.3) is 0 Å². The van der Waals surface area contributed by atoms with E-state index in [2.05, 4.69) is 32.6 Å². The summed E-state index contributed by atoms with van der Waals surface area (Å²) in [5.41, 5.74) is 0. The van der Waals surface area contributed by atoms with Crippen molar-refractivity contribution in [1.82, 2.24) is 4.90 Å². The molecule has 116 valence electrons. The molecule has 1 heterocycles. The zero-order valence-corrected chi connectivity index (χ0v) is 13.2. The molecule has 0 aliphatic rings. The Morgan fingerprint density at radius 1 is 1.15 bits per heavy atom. The molecule has 0 radical (unpaired) electrons. The monoisotopic (exact) mass is 283 g/mol. The lowest BCUT2D eigenvalue weighted by atomic mass is 10.2. The van der Waals surface area contributed by atoms with E-state index in [-0.39, 0.29) is 0 Å². The SMILES string of the molecule is CC(C)COC[C@H](O)CN(Cc1ccco1)CC(C)C. The third kappa shape index (κ3) is 7.68. The predicted molar refractivity (Wildman–Crippen MR) is 80.5 cm³/mol. The second-order valence-corrected chi connectivity index (χ2v) is 6.25. The molecule has 0 aliphatic carbocycles. The molecule has 20 heavy (non-hydrogen) atoms. The first kappa shape index (κ1) is 17.2. The molecule has 0 aromatic carbocycles. The summed E-state index contributed by atoms with van der Waals surface area (Å²) in [6.07, 6.45) is 1.23. The second-order valence-electron chi connectivity index (χ2n) is 6.25. The maximum Gasteiger partial charge on any atom is 0.117 e. The quantitative estimate of drug-likeness (QED) is 0.717. The minimum Gasteiger partial charge on any atom is -0.468 e. The van der Waals surface area contributed by atoms with E-state index in [1.54, 1.807) is 6.26 Å². The Labute approximate surface area is 122 Å². The molecule has 0 fully saturated rings. The summed E-state index contributed by atoms with van der Waals surface area (Å²) in [4.78, 5) is 2.22. The van der Waals surface area contributed by atoms with Crippen molar-refractivity contribution in [2.45, 2.75) is 40.3 Å². The van der Waals surface area contributed by atoms with Gasteiger partial charge >= 0.3 is 0 Å². The molecule has 0 aliphatic heterocycles. The first-order chi connectivity index (χ1) is 9.47. The van der Waals surface area contributed by atoms with Gasteiger partial charge in [0.1, 0.15) is 5.76 Å². The summed E-state index contributed by atoms with van der Waals surface area (Å²) in [5.74, 6) is 1.98. The first-order valence-electron chi connectivity index (χ1n) is 7.48. The highest BCUT2D eigenvalue weighted by atomic mass is 16.5. The van der Waals surface area contributed by atoms with E-state index in [0.717, 1.165) is 18.8 Å². The fraction of sp³-hybridized carbons (Fsp3) is 0.750. The van der Waals surface area contributed by atoms with Crippen LogP contribution in [-0.2, 0) is 11.3 Å². The van der Waals surface area contributed by atoms with Gasteiger partial charge in [0.05, 0.1) is 25.5 Å². The van der Waals surface area contributed by atoms with Gasteiger partial charge in [0, 0.05) is 19.7 Å². The van der Waals surface area contributed by atoms with Crippen molar-refractivity contribution < 1.29 is 14.3 Å². The summed E-state index contributed by atoms with van der Waals surface area (Å²) in [5, 5.41) is 10.1. The minimum atomic E-state index is -0.456. The van der Waals surface area contributed by atoms with Gasteiger partial charge in [-0.2, -0.15) is 0 Å². The van der Waals surface area contributed by atoms with Gasteiger partial charge in [-0.05, 0) is 24.0 Å². The van der Waals surface area contributed by atoms with Crippen molar-refractivity contribution in [3.05, 3.63) is 24.2 Å². The number of aliphatic hydroxyl groups excluding tert-OH is 1. The lowest BCUT2D eigenvalue weighted by Gasteiger charge is -2.26. The van der Waals surface area contributed by atoms with E-state index >= 15 is 0 Å². The number of hydrogen-bond acceptors (Lipinski definition) is 4. The molecule has 0 saturated heterocycles. The molecule has 4 nitrogen and oxygen atoms in total. The van der Waals surface area contributed by atoms with E-state index in [0.29, 0.717) is 31.6 Å². The first-order valence-corrected chi connectivity index (χ1v) is 7.48. The fourth-order valence-electron chi connectivity index (χ4n) is 2.13. The van der Waals surface area contributed by atoms with E-state index in [4.69, 9.17) is 9.15 Å². The summed E-state index contributed by atoms with van der Waals surface area (Å²) in [7, 11) is 0. The van der Waals surface area contributed by atoms with Crippen LogP contribution in [-0.4, -0.2) is 42.4 Å². The molecule has 0 amide bonds. The predicted octanol–water partition coefficient (Wildman–Crippen LogP) is 2.77. The third-order valence-electron chi connectivity index (χ3n) is 2.81. The topological polar surface area (TPSA) is 45.8 Å². The molecule has 1 aromatic heterocycles. The average Bonchev–Trinajstić information content (AvgIpc) is 2.80. The highest BCUT2D eigenvalue weighted by molar-refractivity contribution is 4.98. The molecule has 1 N–H and O–H groups in total. The summed E-state index contributed by atoms with van der Waals surface area (Å²) >= 11 is 0. The molecular formula is C16H29NO3. The van der Waals surface area contributed by atoms with E-state index in [1.807, 2.05) is 12.1 Å². The highest BCUT2D eigenvalue weighted by Gasteiger charge is 2.15. The average molecular weight is 283 g/mol. The number of hydrogen-bond donors (Lipinski definition) is 1. The lowest BCUT2D eigenvalue weighted by molar-refractivity contribution is 0.00428. The Kier molecular flexibility index (Phi) is 7.88. The van der Waals surface area contributed by atoms with Crippen LogP contribution < -0.4 is 0 Å². The number of ether oxygens (including phenoxy) is 1. The van der Waals surface area contributed by atoms with Crippen LogP contribution in [0.5, 0.6) is 0 Å². The van der Waals surface area contributed by atoms with Gasteiger partial charge in [0.15, 0.2) is 0 Å². The van der Waals surface area contributed by atoms with Crippen molar-refractivity contribution in [2.75, 3.05) is 26.3 Å². The largest absolute Gasteiger partial charge is 0.468 e. The minimum absolute atomic E-state index is 0.394. The zero-order chi connectivity index (χ0) is 15.0. The molecule has 0 saturated carbocycles. The molecule has 1 rings (SSSR count). The Balaban J connectivity index is 2.38. The summed E-state index contributed by atoms with van der Waals surface area (Å²) < 4.78 is 10.9. The third-order valence-corrected chi connectivity index (χ3v) is 2.81. The molecule has 1 atom stereocenters. The number of furan rings is 1. The van der Waals surface area contributed by atoms with E-state index in [9.17, 15) is 5.11 Å². The van der Waals surface area contributed by atoms with E-state index in [1.165, 1.54) is 0 Å². The Morgan fingerprint density at radius 3 is 2.45 bits per heavy atom. The van der Waals surface area contributed by atoms with Crippen LogP contribution in [0.15, 0.2) is 22.8 Å². The van der Waals surface area contributed by atoms with Gasteiger partial charge in [-0.15, -0.1) is 0 Å². The van der Waals surface area contributed by atoms with Crippen molar-refractivity contribution in [3.8, 4) is 0 Å². The van der Waals surface area contributed by atoms with Crippen LogP contribution >= 0.6 is 0 Å². The van der Waals surface area contributed by atoms with Crippen LogP contribution in [0.3, 0.4) is 0 Å². The molecule has 4 heteroatoms. The normalized spacial score (nSPS) is 13.6. The van der Waals surface area contributed by atoms with Crippen LogP contribution in [0.1, 0.15) is 33.5 Å². The van der Waals surface area contributed by atoms with Gasteiger partial charge in [-0.1, -0.05) is 27.7 Å². The zero-order valence-electron chi connectivity index (χ0n) is 13.2.